The molecule has 1 saturated heterocycles. The monoisotopic (exact) mass is 295 g/mol. The Bertz CT molecular complexity index is 604. The average Bonchev–Trinajstić information content (AvgIpc) is 3.11. The highest BCUT2D eigenvalue weighted by Gasteiger charge is 2.43. The summed E-state index contributed by atoms with van der Waals surface area (Å²) >= 11 is 0. The molecule has 2 aromatic rings. The van der Waals surface area contributed by atoms with Crippen LogP contribution in [-0.2, 0) is 6.54 Å². The molecule has 0 amide bonds. The summed E-state index contributed by atoms with van der Waals surface area (Å²) in [5.74, 6) is 2.34. The lowest BCUT2D eigenvalue weighted by atomic mass is 9.99. The lowest BCUT2D eigenvalue weighted by molar-refractivity contribution is 0.147. The van der Waals surface area contributed by atoms with Gasteiger partial charge in [-0.3, -0.25) is 14.9 Å². The van der Waals surface area contributed by atoms with Gasteiger partial charge in [-0.25, -0.2) is 0 Å². The molecule has 2 aromatic heterocycles. The molecule has 0 N–H and O–H groups in total. The third kappa shape index (κ3) is 2.83. The van der Waals surface area contributed by atoms with Crippen molar-refractivity contribution in [2.24, 2.45) is 11.8 Å². The summed E-state index contributed by atoms with van der Waals surface area (Å²) in [6.07, 6.45) is 10.2. The molecule has 22 heavy (non-hydrogen) atoms. The van der Waals surface area contributed by atoms with Gasteiger partial charge in [0.25, 0.3) is 0 Å². The molecule has 2 aliphatic rings. The largest absolute Gasteiger partial charge is 0.488 e. The lowest BCUT2D eigenvalue weighted by Crippen LogP contribution is -2.28. The SMILES string of the molecule is c1cncc(O[C@@H]2CC[C@@H]3CN(Cc4ccncc4)C[C@@H]32)c1. The summed E-state index contributed by atoms with van der Waals surface area (Å²) in [5, 5.41) is 0. The molecule has 0 radical (unpaired) electrons. The van der Waals surface area contributed by atoms with Crippen LogP contribution in [0, 0.1) is 11.8 Å². The smallest absolute Gasteiger partial charge is 0.138 e. The van der Waals surface area contributed by atoms with Crippen molar-refractivity contribution in [2.45, 2.75) is 25.5 Å². The van der Waals surface area contributed by atoms with Gasteiger partial charge in [0.05, 0.1) is 6.20 Å². The number of rotatable bonds is 4. The van der Waals surface area contributed by atoms with Gasteiger partial charge in [-0.2, -0.15) is 0 Å². The minimum absolute atomic E-state index is 0.344. The standard InChI is InChI=1S/C18H21N3O/c1-2-16(10-20-7-1)22-18-4-3-15-12-21(13-17(15)18)11-14-5-8-19-9-6-14/h1-2,5-10,15,17-18H,3-4,11-13H2/t15-,17+,18-/m1/s1. The Labute approximate surface area is 131 Å². The van der Waals surface area contributed by atoms with Gasteiger partial charge in [-0.05, 0) is 48.6 Å². The van der Waals surface area contributed by atoms with E-state index in [0.717, 1.165) is 24.8 Å². The number of hydrogen-bond acceptors (Lipinski definition) is 4. The van der Waals surface area contributed by atoms with Gasteiger partial charge in [-0.15, -0.1) is 0 Å². The second kappa shape index (κ2) is 6.05. The van der Waals surface area contributed by atoms with Gasteiger partial charge in [-0.1, -0.05) is 0 Å². The van der Waals surface area contributed by atoms with Crippen molar-refractivity contribution >= 4 is 0 Å². The molecule has 0 bridgehead atoms. The average molecular weight is 295 g/mol. The number of hydrogen-bond donors (Lipinski definition) is 0. The summed E-state index contributed by atoms with van der Waals surface area (Å²) in [4.78, 5) is 10.8. The second-order valence-electron chi connectivity index (χ2n) is 6.40. The van der Waals surface area contributed by atoms with Gasteiger partial charge in [0.2, 0.25) is 0 Å². The van der Waals surface area contributed by atoms with E-state index in [2.05, 4.69) is 27.0 Å². The van der Waals surface area contributed by atoms with E-state index in [4.69, 9.17) is 4.74 Å². The molecule has 3 atom stereocenters. The summed E-state index contributed by atoms with van der Waals surface area (Å²) in [6.45, 7) is 3.35. The van der Waals surface area contributed by atoms with Crippen LogP contribution in [0.25, 0.3) is 0 Å². The van der Waals surface area contributed by atoms with Crippen molar-refractivity contribution in [3.05, 3.63) is 54.6 Å². The van der Waals surface area contributed by atoms with Crippen molar-refractivity contribution in [3.63, 3.8) is 0 Å². The van der Waals surface area contributed by atoms with E-state index < -0.39 is 0 Å². The Balaban J connectivity index is 1.39. The number of likely N-dealkylation sites (tertiary alicyclic amines) is 1. The molecule has 1 aliphatic carbocycles. The molecule has 0 aromatic carbocycles. The highest BCUT2D eigenvalue weighted by atomic mass is 16.5. The molecular formula is C18H21N3O. The van der Waals surface area contributed by atoms with Crippen molar-refractivity contribution in [1.82, 2.24) is 14.9 Å². The minimum Gasteiger partial charge on any atom is -0.488 e. The zero-order valence-electron chi connectivity index (χ0n) is 12.6. The van der Waals surface area contributed by atoms with Gasteiger partial charge < -0.3 is 4.74 Å². The molecular weight excluding hydrogens is 274 g/mol. The number of pyridine rings is 2. The van der Waals surface area contributed by atoms with Crippen LogP contribution < -0.4 is 4.74 Å². The van der Waals surface area contributed by atoms with E-state index in [1.807, 2.05) is 30.7 Å². The summed E-state index contributed by atoms with van der Waals surface area (Å²) in [5.41, 5.74) is 1.35. The summed E-state index contributed by atoms with van der Waals surface area (Å²) < 4.78 is 6.19. The Kier molecular flexibility index (Phi) is 3.77. The molecule has 4 nitrogen and oxygen atoms in total. The molecule has 2 fully saturated rings. The Morgan fingerprint density at radius 3 is 2.77 bits per heavy atom. The van der Waals surface area contributed by atoms with Crippen LogP contribution >= 0.6 is 0 Å². The maximum Gasteiger partial charge on any atom is 0.138 e. The topological polar surface area (TPSA) is 38.2 Å². The third-order valence-electron chi connectivity index (χ3n) is 4.94. The number of ether oxygens (including phenoxy) is 1. The summed E-state index contributed by atoms with van der Waals surface area (Å²) in [7, 11) is 0. The Morgan fingerprint density at radius 1 is 1.05 bits per heavy atom. The first kappa shape index (κ1) is 13.7. The predicted octanol–water partition coefficient (Wildman–Crippen LogP) is 2.77. The second-order valence-corrected chi connectivity index (χ2v) is 6.40. The van der Waals surface area contributed by atoms with Crippen LogP contribution in [-0.4, -0.2) is 34.1 Å². The predicted molar refractivity (Wildman–Crippen MR) is 84.4 cm³/mol. The van der Waals surface area contributed by atoms with Crippen LogP contribution in [0.5, 0.6) is 5.75 Å². The fraction of sp³-hybridized carbons (Fsp3) is 0.444. The molecule has 114 valence electrons. The fourth-order valence-electron chi connectivity index (χ4n) is 3.92. The number of fused-ring (bicyclic) bond motifs is 1. The van der Waals surface area contributed by atoms with Crippen molar-refractivity contribution < 1.29 is 4.74 Å². The first-order valence-corrected chi connectivity index (χ1v) is 8.06. The van der Waals surface area contributed by atoms with Gasteiger partial charge in [0, 0.05) is 44.1 Å². The quantitative estimate of drug-likeness (QED) is 0.869. The zero-order chi connectivity index (χ0) is 14.8. The van der Waals surface area contributed by atoms with Gasteiger partial charge >= 0.3 is 0 Å². The molecule has 4 rings (SSSR count). The maximum absolute atomic E-state index is 6.19. The molecule has 0 unspecified atom stereocenters. The van der Waals surface area contributed by atoms with Crippen LogP contribution in [0.15, 0.2) is 49.1 Å². The van der Waals surface area contributed by atoms with Gasteiger partial charge in [0.15, 0.2) is 0 Å². The van der Waals surface area contributed by atoms with Crippen LogP contribution in [0.3, 0.4) is 0 Å². The van der Waals surface area contributed by atoms with E-state index in [-0.39, 0.29) is 0 Å². The Hall–Kier alpha value is -1.94. The Morgan fingerprint density at radius 2 is 1.95 bits per heavy atom. The summed E-state index contributed by atoms with van der Waals surface area (Å²) in [6, 6.07) is 8.16. The highest BCUT2D eigenvalue weighted by Crippen LogP contribution is 2.40. The van der Waals surface area contributed by atoms with Crippen molar-refractivity contribution in [3.8, 4) is 5.75 Å². The van der Waals surface area contributed by atoms with E-state index in [9.17, 15) is 0 Å². The highest BCUT2D eigenvalue weighted by molar-refractivity contribution is 5.17. The molecule has 0 spiro atoms. The van der Waals surface area contributed by atoms with Gasteiger partial charge in [0.1, 0.15) is 11.9 Å². The molecule has 1 aliphatic heterocycles. The maximum atomic E-state index is 6.19. The van der Waals surface area contributed by atoms with E-state index in [1.54, 1.807) is 6.20 Å². The lowest BCUT2D eigenvalue weighted by Gasteiger charge is -2.21. The molecule has 4 heteroatoms. The third-order valence-corrected chi connectivity index (χ3v) is 4.94. The zero-order valence-corrected chi connectivity index (χ0v) is 12.6. The number of aromatic nitrogens is 2. The molecule has 1 saturated carbocycles. The van der Waals surface area contributed by atoms with Crippen LogP contribution in [0.4, 0.5) is 0 Å². The van der Waals surface area contributed by atoms with Crippen LogP contribution in [0.2, 0.25) is 0 Å². The normalized spacial score (nSPS) is 27.7. The first-order valence-electron chi connectivity index (χ1n) is 8.06. The first-order chi connectivity index (χ1) is 10.9. The van der Waals surface area contributed by atoms with Crippen molar-refractivity contribution in [2.75, 3.05) is 13.1 Å². The van der Waals surface area contributed by atoms with E-state index in [0.29, 0.717) is 12.0 Å². The minimum atomic E-state index is 0.344. The van der Waals surface area contributed by atoms with E-state index >= 15 is 0 Å². The fourth-order valence-corrected chi connectivity index (χ4v) is 3.92. The van der Waals surface area contributed by atoms with E-state index in [1.165, 1.54) is 24.9 Å². The number of nitrogens with zero attached hydrogens (tertiary/aromatic N) is 3. The van der Waals surface area contributed by atoms with Crippen LogP contribution in [0.1, 0.15) is 18.4 Å². The molecule has 3 heterocycles. The van der Waals surface area contributed by atoms with Crippen molar-refractivity contribution in [1.29, 1.82) is 0 Å².